The minimum atomic E-state index is -0.735. The van der Waals surface area contributed by atoms with Crippen LogP contribution in [0, 0.1) is 26.3 Å². The summed E-state index contributed by atoms with van der Waals surface area (Å²) in [6, 6.07) is 11.3. The highest BCUT2D eigenvalue weighted by Crippen LogP contribution is 2.48. The topological polar surface area (TPSA) is 80.6 Å². The van der Waals surface area contributed by atoms with E-state index in [4.69, 9.17) is 16.2 Å². The summed E-state index contributed by atoms with van der Waals surface area (Å²) < 4.78 is 5.40. The molecule has 0 bridgehead atoms. The molecule has 6 heteroatoms. The Morgan fingerprint density at radius 1 is 1.22 bits per heavy atom. The maximum atomic E-state index is 11.1. The minimum absolute atomic E-state index is 0.0932. The molecule has 134 valence electrons. The van der Waals surface area contributed by atoms with Crippen molar-refractivity contribution in [3.63, 3.8) is 0 Å². The number of rotatable bonds is 4. The predicted molar refractivity (Wildman–Crippen MR) is 99.4 cm³/mol. The number of aromatic nitrogens is 2. The summed E-state index contributed by atoms with van der Waals surface area (Å²) in [6.07, 6.45) is 0.692. The number of benzene rings is 2. The quantitative estimate of drug-likeness (QED) is 0.679. The van der Waals surface area contributed by atoms with Crippen LogP contribution >= 0.6 is 0 Å². The van der Waals surface area contributed by atoms with Crippen molar-refractivity contribution in [3.05, 3.63) is 64.5 Å². The molecule has 0 spiro atoms. The Labute approximate surface area is 156 Å². The fraction of sp³-hybridized carbons (Fsp3) is 0.238. The fourth-order valence-electron chi connectivity index (χ4n) is 3.32. The van der Waals surface area contributed by atoms with Gasteiger partial charge in [-0.2, -0.15) is 4.98 Å². The van der Waals surface area contributed by atoms with Gasteiger partial charge in [-0.3, -0.25) is 4.79 Å². The van der Waals surface area contributed by atoms with Crippen molar-refractivity contribution in [2.45, 2.75) is 26.2 Å². The van der Waals surface area contributed by atoms with Crippen LogP contribution in [0.15, 0.2) is 40.9 Å². The number of carboxylic acids is 1. The van der Waals surface area contributed by atoms with Gasteiger partial charge in [0.15, 0.2) is 5.69 Å². The third kappa shape index (κ3) is 3.08. The molecule has 0 saturated heterocycles. The zero-order valence-electron chi connectivity index (χ0n) is 14.9. The molecule has 1 aliphatic rings. The SMILES string of the molecule is [C-]#[N+]c1cc(-c2nc(-c3ccc([C@@H]4C[C@H]4C(=O)O)cc3C)no2)ccc1C. The Kier molecular flexibility index (Phi) is 4.00. The van der Waals surface area contributed by atoms with E-state index in [0.29, 0.717) is 29.4 Å². The van der Waals surface area contributed by atoms with Crippen LogP contribution in [0.25, 0.3) is 27.7 Å². The molecule has 0 radical (unpaired) electrons. The fourth-order valence-corrected chi connectivity index (χ4v) is 3.32. The van der Waals surface area contributed by atoms with E-state index in [-0.39, 0.29) is 11.8 Å². The zero-order valence-corrected chi connectivity index (χ0v) is 14.9. The summed E-state index contributed by atoms with van der Waals surface area (Å²) >= 11 is 0. The number of carbonyl (C=O) groups is 1. The molecular weight excluding hydrogens is 342 g/mol. The number of carboxylic acid groups (broad SMARTS) is 1. The van der Waals surface area contributed by atoms with Gasteiger partial charge in [0.05, 0.1) is 12.5 Å². The Morgan fingerprint density at radius 3 is 2.70 bits per heavy atom. The zero-order chi connectivity index (χ0) is 19.1. The van der Waals surface area contributed by atoms with E-state index in [1.165, 1.54) is 0 Å². The lowest BCUT2D eigenvalue weighted by molar-refractivity contribution is -0.138. The molecular formula is C21H17N3O3. The lowest BCUT2D eigenvalue weighted by Gasteiger charge is -2.05. The first-order chi connectivity index (χ1) is 13.0. The van der Waals surface area contributed by atoms with Gasteiger partial charge in [0.25, 0.3) is 5.89 Å². The third-order valence-corrected chi connectivity index (χ3v) is 5.03. The van der Waals surface area contributed by atoms with E-state index in [1.807, 2.05) is 44.2 Å². The summed E-state index contributed by atoms with van der Waals surface area (Å²) in [5, 5.41) is 13.2. The normalized spacial score (nSPS) is 18.1. The molecule has 4 rings (SSSR count). The van der Waals surface area contributed by atoms with Crippen LogP contribution in [0.1, 0.15) is 29.0 Å². The third-order valence-electron chi connectivity index (χ3n) is 5.03. The average Bonchev–Trinajstić information content (AvgIpc) is 3.32. The smallest absolute Gasteiger partial charge is 0.307 e. The second-order valence-electron chi connectivity index (χ2n) is 6.90. The van der Waals surface area contributed by atoms with Crippen LogP contribution in [0.3, 0.4) is 0 Å². The summed E-state index contributed by atoms with van der Waals surface area (Å²) in [6.45, 7) is 11.1. The van der Waals surface area contributed by atoms with Gasteiger partial charge in [-0.1, -0.05) is 35.5 Å². The second-order valence-corrected chi connectivity index (χ2v) is 6.90. The van der Waals surface area contributed by atoms with Gasteiger partial charge < -0.3 is 9.63 Å². The molecule has 1 fully saturated rings. The van der Waals surface area contributed by atoms with E-state index in [9.17, 15) is 4.79 Å². The van der Waals surface area contributed by atoms with Crippen molar-refractivity contribution in [1.29, 1.82) is 0 Å². The molecule has 0 amide bonds. The van der Waals surface area contributed by atoms with Crippen LogP contribution in [0.5, 0.6) is 0 Å². The van der Waals surface area contributed by atoms with E-state index in [2.05, 4.69) is 15.0 Å². The van der Waals surface area contributed by atoms with Gasteiger partial charge in [-0.15, -0.1) is 0 Å². The molecule has 2 atom stereocenters. The molecule has 3 aromatic rings. The summed E-state index contributed by atoms with van der Waals surface area (Å²) in [5.74, 6) is -0.0709. The first-order valence-electron chi connectivity index (χ1n) is 8.64. The Balaban J connectivity index is 1.62. The highest BCUT2D eigenvalue weighted by atomic mass is 16.5. The minimum Gasteiger partial charge on any atom is -0.481 e. The molecule has 0 aliphatic heterocycles. The van der Waals surface area contributed by atoms with Crippen molar-refractivity contribution < 1.29 is 14.4 Å². The van der Waals surface area contributed by atoms with Gasteiger partial charge >= 0.3 is 5.97 Å². The molecule has 1 saturated carbocycles. The number of aliphatic carboxylic acids is 1. The lowest BCUT2D eigenvalue weighted by Crippen LogP contribution is -1.99. The summed E-state index contributed by atoms with van der Waals surface area (Å²) in [5.41, 5.74) is 5.03. The van der Waals surface area contributed by atoms with Gasteiger partial charge in [-0.05, 0) is 48.9 Å². The van der Waals surface area contributed by atoms with E-state index in [1.54, 1.807) is 6.07 Å². The molecule has 1 heterocycles. The van der Waals surface area contributed by atoms with Crippen molar-refractivity contribution in [3.8, 4) is 22.8 Å². The predicted octanol–water partition coefficient (Wildman–Crippen LogP) is 4.76. The highest BCUT2D eigenvalue weighted by Gasteiger charge is 2.44. The average molecular weight is 359 g/mol. The largest absolute Gasteiger partial charge is 0.481 e. The monoisotopic (exact) mass is 359 g/mol. The van der Waals surface area contributed by atoms with Crippen molar-refractivity contribution in [2.24, 2.45) is 5.92 Å². The molecule has 1 aliphatic carbocycles. The molecule has 1 N–H and O–H groups in total. The molecule has 1 aromatic heterocycles. The van der Waals surface area contributed by atoms with Gasteiger partial charge in [0, 0.05) is 11.1 Å². The number of nitrogens with zero attached hydrogens (tertiary/aromatic N) is 3. The van der Waals surface area contributed by atoms with Crippen LogP contribution < -0.4 is 0 Å². The lowest BCUT2D eigenvalue weighted by atomic mass is 10.0. The van der Waals surface area contributed by atoms with E-state index >= 15 is 0 Å². The van der Waals surface area contributed by atoms with Gasteiger partial charge in [-0.25, -0.2) is 4.85 Å². The van der Waals surface area contributed by atoms with Crippen LogP contribution in [-0.2, 0) is 4.79 Å². The molecule has 6 nitrogen and oxygen atoms in total. The van der Waals surface area contributed by atoms with Crippen molar-refractivity contribution >= 4 is 11.7 Å². The van der Waals surface area contributed by atoms with Crippen LogP contribution in [-0.4, -0.2) is 21.2 Å². The van der Waals surface area contributed by atoms with E-state index in [0.717, 1.165) is 22.3 Å². The molecule has 2 aromatic carbocycles. The molecule has 0 unspecified atom stereocenters. The maximum absolute atomic E-state index is 11.1. The van der Waals surface area contributed by atoms with Crippen LogP contribution in [0.4, 0.5) is 5.69 Å². The Morgan fingerprint density at radius 2 is 2.04 bits per heavy atom. The first-order valence-corrected chi connectivity index (χ1v) is 8.64. The van der Waals surface area contributed by atoms with Crippen LogP contribution in [0.2, 0.25) is 0 Å². The van der Waals surface area contributed by atoms with Crippen molar-refractivity contribution in [1.82, 2.24) is 10.1 Å². The number of hydrogen-bond acceptors (Lipinski definition) is 4. The van der Waals surface area contributed by atoms with E-state index < -0.39 is 5.97 Å². The van der Waals surface area contributed by atoms with Crippen molar-refractivity contribution in [2.75, 3.05) is 0 Å². The first kappa shape index (κ1) is 17.0. The molecule has 27 heavy (non-hydrogen) atoms. The maximum Gasteiger partial charge on any atom is 0.307 e. The second kappa shape index (κ2) is 6.36. The highest BCUT2D eigenvalue weighted by molar-refractivity contribution is 5.75. The van der Waals surface area contributed by atoms with Gasteiger partial charge in [0.2, 0.25) is 5.82 Å². The summed E-state index contributed by atoms with van der Waals surface area (Å²) in [7, 11) is 0. The van der Waals surface area contributed by atoms with Gasteiger partial charge in [0.1, 0.15) is 0 Å². The Hall–Kier alpha value is -3.46. The Bertz CT molecular complexity index is 1090. The number of hydrogen-bond donors (Lipinski definition) is 1. The standard InChI is InChI=1S/C21H17N3O3/c1-11-4-5-14(9-18(11)22-3)20-23-19(24-27-20)15-7-6-13(8-12(15)2)16-10-17(16)21(25)26/h4-9,16-17H,10H2,1-2H3,(H,25,26)/t16-,17+/m0/s1. The summed E-state index contributed by atoms with van der Waals surface area (Å²) in [4.78, 5) is 19.1. The number of aryl methyl sites for hydroxylation is 2.